The number of fused-ring (bicyclic) bond motifs is 1. The smallest absolute Gasteiger partial charge is 0.136 e. The van der Waals surface area contributed by atoms with E-state index in [4.69, 9.17) is 5.26 Å². The Morgan fingerprint density at radius 2 is 2.33 bits per heavy atom. The number of benzene rings is 1. The van der Waals surface area contributed by atoms with Gasteiger partial charge in [-0.2, -0.15) is 5.26 Å². The average molecular weight is 197 g/mol. The van der Waals surface area contributed by atoms with Crippen LogP contribution >= 0.6 is 0 Å². The van der Waals surface area contributed by atoms with Crippen LogP contribution in [0.5, 0.6) is 0 Å². The monoisotopic (exact) mass is 197 g/mol. The van der Waals surface area contributed by atoms with Crippen LogP contribution < -0.4 is 0 Å². The zero-order valence-electron chi connectivity index (χ0n) is 8.36. The highest BCUT2D eigenvalue weighted by Crippen LogP contribution is 2.62. The van der Waals surface area contributed by atoms with E-state index in [0.29, 0.717) is 11.3 Å². The second kappa shape index (κ2) is 2.70. The summed E-state index contributed by atoms with van der Waals surface area (Å²) >= 11 is 0. The lowest BCUT2D eigenvalue weighted by Crippen LogP contribution is -2.05. The summed E-state index contributed by atoms with van der Waals surface area (Å²) in [5.41, 5.74) is 2.01. The molecule has 0 heterocycles. The van der Waals surface area contributed by atoms with E-state index in [1.165, 1.54) is 5.56 Å². The minimum atomic E-state index is 0.115. The standard InChI is InChI=1S/C13H11NO/c14-8-9-2-1-3-10(6-9)13-5-4-12(15)11(13)7-13/h1-3,6,11H,4-5,7H2/t11-,13+/m0/s1. The Balaban J connectivity index is 2.02. The Labute approximate surface area is 88.5 Å². The average Bonchev–Trinajstić information content (AvgIpc) is 2.95. The molecule has 2 aliphatic carbocycles. The molecule has 0 radical (unpaired) electrons. The molecule has 1 aromatic rings. The Kier molecular flexibility index (Phi) is 1.56. The molecule has 15 heavy (non-hydrogen) atoms. The molecule has 0 aliphatic heterocycles. The Bertz CT molecular complexity index is 486. The first kappa shape index (κ1) is 8.67. The Hall–Kier alpha value is -1.62. The zero-order valence-corrected chi connectivity index (χ0v) is 8.36. The number of nitriles is 1. The fraction of sp³-hybridized carbons (Fsp3) is 0.385. The van der Waals surface area contributed by atoms with Crippen molar-refractivity contribution >= 4 is 5.78 Å². The van der Waals surface area contributed by atoms with Crippen LogP contribution in [0.4, 0.5) is 0 Å². The molecule has 2 saturated carbocycles. The Morgan fingerprint density at radius 3 is 2.93 bits per heavy atom. The number of carbonyl (C=O) groups is 1. The first-order valence-corrected chi connectivity index (χ1v) is 5.30. The van der Waals surface area contributed by atoms with Crippen LogP contribution in [-0.4, -0.2) is 5.78 Å². The molecule has 0 amide bonds. The molecule has 3 rings (SSSR count). The number of nitrogens with zero attached hydrogens (tertiary/aromatic N) is 1. The van der Waals surface area contributed by atoms with E-state index >= 15 is 0 Å². The van der Waals surface area contributed by atoms with Gasteiger partial charge in [0.15, 0.2) is 0 Å². The van der Waals surface area contributed by atoms with Crippen molar-refractivity contribution in [3.05, 3.63) is 35.4 Å². The summed E-state index contributed by atoms with van der Waals surface area (Å²) in [7, 11) is 0. The lowest BCUT2D eigenvalue weighted by Gasteiger charge is -2.11. The molecule has 0 spiro atoms. The highest BCUT2D eigenvalue weighted by Gasteiger charge is 2.62. The van der Waals surface area contributed by atoms with Crippen molar-refractivity contribution in [2.75, 3.05) is 0 Å². The summed E-state index contributed by atoms with van der Waals surface area (Å²) in [4.78, 5) is 11.5. The van der Waals surface area contributed by atoms with Crippen molar-refractivity contribution in [2.45, 2.75) is 24.7 Å². The van der Waals surface area contributed by atoms with Crippen molar-refractivity contribution < 1.29 is 4.79 Å². The van der Waals surface area contributed by atoms with Gasteiger partial charge in [-0.15, -0.1) is 0 Å². The van der Waals surface area contributed by atoms with Crippen LogP contribution in [0, 0.1) is 17.2 Å². The van der Waals surface area contributed by atoms with Crippen LogP contribution in [-0.2, 0) is 10.2 Å². The lowest BCUT2D eigenvalue weighted by atomic mass is 9.92. The first-order valence-electron chi connectivity index (χ1n) is 5.30. The van der Waals surface area contributed by atoms with Gasteiger partial charge < -0.3 is 0 Å². The quantitative estimate of drug-likeness (QED) is 0.692. The highest BCUT2D eigenvalue weighted by atomic mass is 16.1. The van der Waals surface area contributed by atoms with Gasteiger partial charge in [0, 0.05) is 17.8 Å². The number of rotatable bonds is 1. The third-order valence-corrected chi connectivity index (χ3v) is 3.85. The number of carbonyl (C=O) groups excluding carboxylic acids is 1. The van der Waals surface area contributed by atoms with E-state index in [2.05, 4.69) is 12.1 Å². The van der Waals surface area contributed by atoms with E-state index in [9.17, 15) is 4.79 Å². The SMILES string of the molecule is N#Cc1cccc([C@]23CCC(=O)[C@@H]2C3)c1. The molecular weight excluding hydrogens is 186 g/mol. The normalized spacial score (nSPS) is 32.2. The molecule has 2 heteroatoms. The number of ketones is 1. The van der Waals surface area contributed by atoms with Gasteiger partial charge >= 0.3 is 0 Å². The van der Waals surface area contributed by atoms with Crippen molar-refractivity contribution in [3.63, 3.8) is 0 Å². The summed E-state index contributed by atoms with van der Waals surface area (Å²) in [6.07, 6.45) is 2.70. The van der Waals surface area contributed by atoms with Crippen molar-refractivity contribution in [1.29, 1.82) is 5.26 Å². The minimum absolute atomic E-state index is 0.115. The predicted octanol–water partition coefficient (Wildman–Crippen LogP) is 2.18. The summed E-state index contributed by atoms with van der Waals surface area (Å²) < 4.78 is 0. The maximum atomic E-state index is 11.5. The fourth-order valence-electron chi connectivity index (χ4n) is 2.89. The molecule has 2 aliphatic rings. The maximum absolute atomic E-state index is 11.5. The third-order valence-electron chi connectivity index (χ3n) is 3.85. The molecule has 2 nitrogen and oxygen atoms in total. The van der Waals surface area contributed by atoms with E-state index < -0.39 is 0 Å². The van der Waals surface area contributed by atoms with Crippen LogP contribution in [0.1, 0.15) is 30.4 Å². The van der Waals surface area contributed by atoms with Crippen LogP contribution in [0.15, 0.2) is 24.3 Å². The molecule has 2 atom stereocenters. The van der Waals surface area contributed by atoms with E-state index in [0.717, 1.165) is 19.3 Å². The number of Topliss-reactive ketones (excluding diaryl/α,β-unsaturated/α-hetero) is 1. The van der Waals surface area contributed by atoms with Crippen LogP contribution in [0.2, 0.25) is 0 Å². The highest BCUT2D eigenvalue weighted by molar-refractivity contribution is 5.89. The molecule has 0 N–H and O–H groups in total. The fourth-order valence-corrected chi connectivity index (χ4v) is 2.89. The summed E-state index contributed by atoms with van der Waals surface area (Å²) in [6.45, 7) is 0. The Morgan fingerprint density at radius 1 is 1.47 bits per heavy atom. The van der Waals surface area contributed by atoms with Crippen LogP contribution in [0.3, 0.4) is 0 Å². The second-order valence-corrected chi connectivity index (χ2v) is 4.57. The predicted molar refractivity (Wildman–Crippen MR) is 55.2 cm³/mol. The van der Waals surface area contributed by atoms with E-state index in [1.54, 1.807) is 0 Å². The number of hydrogen-bond acceptors (Lipinski definition) is 2. The molecule has 74 valence electrons. The van der Waals surface area contributed by atoms with Gasteiger partial charge in [0.05, 0.1) is 11.6 Å². The molecule has 0 aromatic heterocycles. The van der Waals surface area contributed by atoms with Crippen molar-refractivity contribution in [2.24, 2.45) is 5.92 Å². The number of hydrogen-bond donors (Lipinski definition) is 0. The second-order valence-electron chi connectivity index (χ2n) is 4.57. The van der Waals surface area contributed by atoms with Crippen molar-refractivity contribution in [3.8, 4) is 6.07 Å². The van der Waals surface area contributed by atoms with Gasteiger partial charge in [0.2, 0.25) is 0 Å². The summed E-state index contributed by atoms with van der Waals surface area (Å²) in [6, 6.07) is 9.88. The van der Waals surface area contributed by atoms with Gasteiger partial charge in [-0.1, -0.05) is 12.1 Å². The molecule has 0 saturated heterocycles. The molecule has 2 fully saturated rings. The first-order chi connectivity index (χ1) is 7.26. The largest absolute Gasteiger partial charge is 0.299 e. The van der Waals surface area contributed by atoms with Crippen LogP contribution in [0.25, 0.3) is 0 Å². The summed E-state index contributed by atoms with van der Waals surface area (Å²) in [5.74, 6) is 0.670. The van der Waals surface area contributed by atoms with Gasteiger partial charge in [-0.3, -0.25) is 4.79 Å². The topological polar surface area (TPSA) is 40.9 Å². The minimum Gasteiger partial charge on any atom is -0.299 e. The van der Waals surface area contributed by atoms with Crippen molar-refractivity contribution in [1.82, 2.24) is 0 Å². The van der Waals surface area contributed by atoms with E-state index in [1.807, 2.05) is 18.2 Å². The molecule has 1 aromatic carbocycles. The maximum Gasteiger partial charge on any atom is 0.136 e. The van der Waals surface area contributed by atoms with Gasteiger partial charge in [-0.25, -0.2) is 0 Å². The zero-order chi connectivity index (χ0) is 10.5. The van der Waals surface area contributed by atoms with Gasteiger partial charge in [0.25, 0.3) is 0 Å². The van der Waals surface area contributed by atoms with Gasteiger partial charge in [-0.05, 0) is 30.5 Å². The van der Waals surface area contributed by atoms with Gasteiger partial charge in [0.1, 0.15) is 5.78 Å². The molecular formula is C13H11NO. The molecule has 0 unspecified atom stereocenters. The third kappa shape index (κ3) is 1.07. The molecule has 0 bridgehead atoms. The summed E-state index contributed by atoms with van der Waals surface area (Å²) in [5, 5.41) is 8.84. The van der Waals surface area contributed by atoms with E-state index in [-0.39, 0.29) is 11.3 Å². The lowest BCUT2D eigenvalue weighted by molar-refractivity contribution is -0.119.